The summed E-state index contributed by atoms with van der Waals surface area (Å²) in [6.07, 6.45) is 5.65. The van der Waals surface area contributed by atoms with E-state index in [0.29, 0.717) is 35.9 Å². The van der Waals surface area contributed by atoms with Gasteiger partial charge in [0.1, 0.15) is 0 Å². The molecule has 0 spiro atoms. The summed E-state index contributed by atoms with van der Waals surface area (Å²) >= 11 is 0. The molecule has 1 fully saturated rings. The van der Waals surface area contributed by atoms with Crippen LogP contribution >= 0.6 is 0 Å². The second-order valence-corrected chi connectivity index (χ2v) is 8.38. The van der Waals surface area contributed by atoms with Crippen LogP contribution in [0.4, 0.5) is 5.95 Å². The molecule has 1 atom stereocenters. The van der Waals surface area contributed by atoms with Gasteiger partial charge in [0.25, 0.3) is 5.56 Å². The zero-order chi connectivity index (χ0) is 22.1. The lowest BCUT2D eigenvalue weighted by Crippen LogP contribution is -2.44. The molecule has 0 saturated carbocycles. The Bertz CT molecular complexity index is 1230. The highest BCUT2D eigenvalue weighted by Crippen LogP contribution is 2.23. The highest BCUT2D eigenvalue weighted by molar-refractivity contribution is 5.74. The van der Waals surface area contributed by atoms with Crippen LogP contribution in [0.3, 0.4) is 0 Å². The number of fused-ring (bicyclic) bond motifs is 1. The number of nitrogens with two attached hydrogens (primary N) is 1. The fraction of sp³-hybridized carbons (Fsp3) is 0.455. The smallest absolute Gasteiger partial charge is 0.332 e. The van der Waals surface area contributed by atoms with E-state index >= 15 is 0 Å². The third kappa shape index (κ3) is 4.05. The quantitative estimate of drug-likeness (QED) is 0.619. The van der Waals surface area contributed by atoms with E-state index in [-0.39, 0.29) is 18.1 Å². The number of rotatable bonds is 5. The first-order valence-corrected chi connectivity index (χ1v) is 10.6. The molecule has 0 amide bonds. The molecule has 9 nitrogen and oxygen atoms in total. The molecule has 2 N–H and O–H groups in total. The van der Waals surface area contributed by atoms with Crippen LogP contribution in [0.5, 0.6) is 0 Å². The van der Waals surface area contributed by atoms with Gasteiger partial charge in [-0.25, -0.2) is 4.79 Å². The zero-order valence-corrected chi connectivity index (χ0v) is 18.3. The molecule has 0 aliphatic carbocycles. The Morgan fingerprint density at radius 1 is 1.26 bits per heavy atom. The molecule has 0 bridgehead atoms. The zero-order valence-electron chi connectivity index (χ0n) is 18.3. The van der Waals surface area contributed by atoms with Crippen LogP contribution < -0.4 is 21.9 Å². The van der Waals surface area contributed by atoms with Gasteiger partial charge in [-0.1, -0.05) is 17.7 Å². The first-order valence-electron chi connectivity index (χ1n) is 10.6. The molecule has 4 rings (SSSR count). The van der Waals surface area contributed by atoms with Gasteiger partial charge in [-0.2, -0.15) is 4.98 Å². The van der Waals surface area contributed by atoms with Crippen molar-refractivity contribution in [1.29, 1.82) is 0 Å². The number of piperidine rings is 1. The fourth-order valence-electron chi connectivity index (χ4n) is 4.03. The van der Waals surface area contributed by atoms with E-state index in [0.717, 1.165) is 25.0 Å². The van der Waals surface area contributed by atoms with Gasteiger partial charge in [0.15, 0.2) is 11.2 Å². The minimum absolute atomic E-state index is 0.0649. The standard InChI is InChI=1S/C22H29N7O2/c1-15(2)9-12-28-18-19(25-21(28)27-11-6-7-16(23)13-27)26(3)22(31)29(20(18)30)14-17-8-4-5-10-24-17/h4-5,8-10,16H,6-7,11-14,23H2,1-3H3. The van der Waals surface area contributed by atoms with Crippen molar-refractivity contribution in [3.63, 3.8) is 0 Å². The summed E-state index contributed by atoms with van der Waals surface area (Å²) in [6.45, 7) is 6.14. The van der Waals surface area contributed by atoms with Crippen molar-refractivity contribution in [3.05, 3.63) is 62.6 Å². The summed E-state index contributed by atoms with van der Waals surface area (Å²) in [5, 5.41) is 0. The molecule has 1 aliphatic rings. The minimum Gasteiger partial charge on any atom is -0.341 e. The normalized spacial score (nSPS) is 16.6. The number of allylic oxidation sites excluding steroid dienone is 2. The van der Waals surface area contributed by atoms with Gasteiger partial charge in [-0.05, 0) is 38.8 Å². The molecule has 3 aromatic heterocycles. The maximum Gasteiger partial charge on any atom is 0.332 e. The molecular formula is C22H29N7O2. The Kier molecular flexibility index (Phi) is 5.77. The lowest BCUT2D eigenvalue weighted by atomic mass is 10.1. The Labute approximate surface area is 180 Å². The van der Waals surface area contributed by atoms with Crippen LogP contribution in [0.1, 0.15) is 32.4 Å². The molecule has 3 aromatic rings. The van der Waals surface area contributed by atoms with Gasteiger partial charge in [0.05, 0.1) is 12.2 Å². The third-order valence-corrected chi connectivity index (χ3v) is 5.68. The van der Waals surface area contributed by atoms with Crippen LogP contribution in [0.15, 0.2) is 45.6 Å². The van der Waals surface area contributed by atoms with Gasteiger partial charge in [0.2, 0.25) is 5.95 Å². The summed E-state index contributed by atoms with van der Waals surface area (Å²) in [4.78, 5) is 37.7. The SMILES string of the molecule is CC(C)=CCn1c(N2CCCC(N)C2)nc2c1c(=O)n(Cc1ccccn1)c(=O)n2C. The average molecular weight is 424 g/mol. The first-order chi connectivity index (χ1) is 14.9. The van der Waals surface area contributed by atoms with E-state index in [9.17, 15) is 9.59 Å². The summed E-state index contributed by atoms with van der Waals surface area (Å²) < 4.78 is 4.60. The van der Waals surface area contributed by atoms with Crippen LogP contribution in [0.25, 0.3) is 11.2 Å². The largest absolute Gasteiger partial charge is 0.341 e. The maximum atomic E-state index is 13.5. The summed E-state index contributed by atoms with van der Waals surface area (Å²) in [5.41, 5.74) is 8.05. The molecule has 0 aromatic carbocycles. The number of nitrogens with zero attached hydrogens (tertiary/aromatic N) is 6. The van der Waals surface area contributed by atoms with Crippen molar-refractivity contribution in [2.75, 3.05) is 18.0 Å². The van der Waals surface area contributed by atoms with Crippen LogP contribution in [0, 0.1) is 0 Å². The number of imidazole rings is 1. The third-order valence-electron chi connectivity index (χ3n) is 5.68. The lowest BCUT2D eigenvalue weighted by Gasteiger charge is -2.31. The van der Waals surface area contributed by atoms with Gasteiger partial charge in [0, 0.05) is 38.9 Å². The maximum absolute atomic E-state index is 13.5. The molecule has 0 radical (unpaired) electrons. The van der Waals surface area contributed by atoms with Crippen molar-refractivity contribution in [2.45, 2.75) is 45.8 Å². The highest BCUT2D eigenvalue weighted by atomic mass is 16.2. The molecule has 1 aliphatic heterocycles. The lowest BCUT2D eigenvalue weighted by molar-refractivity contribution is 0.495. The summed E-state index contributed by atoms with van der Waals surface area (Å²) in [5.74, 6) is 0.685. The van der Waals surface area contributed by atoms with E-state index in [4.69, 9.17) is 10.7 Å². The Morgan fingerprint density at radius 2 is 2.06 bits per heavy atom. The number of aryl methyl sites for hydroxylation is 1. The van der Waals surface area contributed by atoms with Crippen molar-refractivity contribution in [2.24, 2.45) is 12.8 Å². The summed E-state index contributed by atoms with van der Waals surface area (Å²) in [6, 6.07) is 5.51. The van der Waals surface area contributed by atoms with E-state index < -0.39 is 5.69 Å². The van der Waals surface area contributed by atoms with Crippen molar-refractivity contribution < 1.29 is 0 Å². The van der Waals surface area contributed by atoms with Crippen molar-refractivity contribution in [1.82, 2.24) is 23.7 Å². The monoisotopic (exact) mass is 423 g/mol. The molecular weight excluding hydrogens is 394 g/mol. The summed E-state index contributed by atoms with van der Waals surface area (Å²) in [7, 11) is 1.66. The Balaban J connectivity index is 1.93. The van der Waals surface area contributed by atoms with Crippen molar-refractivity contribution >= 4 is 17.1 Å². The Hall–Kier alpha value is -3.20. The van der Waals surface area contributed by atoms with E-state index in [1.807, 2.05) is 24.5 Å². The van der Waals surface area contributed by atoms with Gasteiger partial charge in [-0.3, -0.25) is 18.9 Å². The molecule has 1 saturated heterocycles. The Morgan fingerprint density at radius 3 is 2.74 bits per heavy atom. The number of hydrogen-bond donors (Lipinski definition) is 1. The minimum atomic E-state index is -0.406. The van der Waals surface area contributed by atoms with Crippen LogP contribution in [-0.4, -0.2) is 42.8 Å². The van der Waals surface area contributed by atoms with E-state index in [2.05, 4.69) is 16.0 Å². The second kappa shape index (κ2) is 8.50. The molecule has 9 heteroatoms. The fourth-order valence-corrected chi connectivity index (χ4v) is 4.03. The highest BCUT2D eigenvalue weighted by Gasteiger charge is 2.26. The van der Waals surface area contributed by atoms with Crippen LogP contribution in [0.2, 0.25) is 0 Å². The predicted octanol–water partition coefficient (Wildman–Crippen LogP) is 1.23. The predicted molar refractivity (Wildman–Crippen MR) is 121 cm³/mol. The first kappa shape index (κ1) is 21.0. The van der Waals surface area contributed by atoms with Crippen LogP contribution in [-0.2, 0) is 20.1 Å². The number of hydrogen-bond acceptors (Lipinski definition) is 6. The van der Waals surface area contributed by atoms with Crippen molar-refractivity contribution in [3.8, 4) is 0 Å². The topological polar surface area (TPSA) is 104 Å². The van der Waals surface area contributed by atoms with Gasteiger partial charge >= 0.3 is 5.69 Å². The number of pyridine rings is 1. The van der Waals surface area contributed by atoms with E-state index in [1.54, 1.807) is 25.4 Å². The molecule has 31 heavy (non-hydrogen) atoms. The number of aromatic nitrogens is 5. The van der Waals surface area contributed by atoms with E-state index in [1.165, 1.54) is 9.13 Å². The average Bonchev–Trinajstić information content (AvgIpc) is 3.14. The molecule has 4 heterocycles. The second-order valence-electron chi connectivity index (χ2n) is 8.38. The molecule has 1 unspecified atom stereocenters. The van der Waals surface area contributed by atoms with Gasteiger partial charge in [-0.15, -0.1) is 0 Å². The molecule has 164 valence electrons. The van der Waals surface area contributed by atoms with Gasteiger partial charge < -0.3 is 15.2 Å². The number of anilines is 1.